The maximum absolute atomic E-state index is 10.9. The van der Waals surface area contributed by atoms with Gasteiger partial charge in [0.05, 0.1) is 4.92 Å². The lowest BCUT2D eigenvalue weighted by molar-refractivity contribution is -0.384. The van der Waals surface area contributed by atoms with Gasteiger partial charge in [0.2, 0.25) is 5.88 Å². The summed E-state index contributed by atoms with van der Waals surface area (Å²) in [4.78, 5) is 17.0. The number of hydrogen-bond donors (Lipinski definition) is 0. The fourth-order valence-corrected chi connectivity index (χ4v) is 4.16. The number of non-ortho nitro benzene ring substituents is 1. The van der Waals surface area contributed by atoms with E-state index in [9.17, 15) is 10.1 Å². The monoisotopic (exact) mass is 423 g/mol. The van der Waals surface area contributed by atoms with Gasteiger partial charge in [-0.15, -0.1) is 0 Å². The molecule has 1 aliphatic rings. The van der Waals surface area contributed by atoms with E-state index in [1.165, 1.54) is 5.56 Å². The summed E-state index contributed by atoms with van der Waals surface area (Å²) in [6.07, 6.45) is 1.75. The molecular formula is C26H21N3O3. The number of fused-ring (bicyclic) bond motifs is 2. The number of para-hydroxylation sites is 1. The van der Waals surface area contributed by atoms with E-state index >= 15 is 0 Å². The zero-order chi connectivity index (χ0) is 22.1. The fraction of sp³-hybridized carbons (Fsp3) is 0.115. The van der Waals surface area contributed by atoms with E-state index in [1.807, 2.05) is 31.3 Å². The Morgan fingerprint density at radius 2 is 1.66 bits per heavy atom. The number of ether oxygens (including phenoxy) is 1. The third-order valence-corrected chi connectivity index (χ3v) is 5.78. The molecule has 0 radical (unpaired) electrons. The van der Waals surface area contributed by atoms with E-state index in [4.69, 9.17) is 4.74 Å². The number of rotatable bonds is 5. The second-order valence-corrected chi connectivity index (χ2v) is 7.84. The molecule has 1 aromatic heterocycles. The number of hydrogen-bond acceptors (Lipinski definition) is 5. The molecule has 4 aromatic rings. The molecule has 6 heteroatoms. The highest BCUT2D eigenvalue weighted by Gasteiger charge is 2.29. The standard InChI is InChI=1S/C26H21N3O3/c1-28(17-18-8-12-21(13-9-18)29(30)31)20-14-10-19(11-15-20)25-22-5-2-3-7-24(22)32-26-23(25)6-4-16-27-26/h2-16,25H,17H2,1H3. The Morgan fingerprint density at radius 3 is 2.41 bits per heavy atom. The van der Waals surface area contributed by atoms with Crippen molar-refractivity contribution in [3.05, 3.63) is 123 Å². The van der Waals surface area contributed by atoms with Gasteiger partial charge in [0.25, 0.3) is 5.69 Å². The van der Waals surface area contributed by atoms with E-state index in [2.05, 4.69) is 46.3 Å². The molecule has 1 aliphatic heterocycles. The van der Waals surface area contributed by atoms with Crippen LogP contribution in [0.2, 0.25) is 0 Å². The van der Waals surface area contributed by atoms with E-state index in [1.54, 1.807) is 30.5 Å². The molecule has 1 atom stereocenters. The molecule has 0 bridgehead atoms. The molecule has 0 spiro atoms. The summed E-state index contributed by atoms with van der Waals surface area (Å²) >= 11 is 0. The van der Waals surface area contributed by atoms with Crippen molar-refractivity contribution in [2.45, 2.75) is 12.5 Å². The van der Waals surface area contributed by atoms with Crippen molar-refractivity contribution < 1.29 is 9.66 Å². The molecule has 3 aromatic carbocycles. The van der Waals surface area contributed by atoms with Crippen molar-refractivity contribution in [3.8, 4) is 11.6 Å². The van der Waals surface area contributed by atoms with Crippen LogP contribution in [0.4, 0.5) is 11.4 Å². The smallest absolute Gasteiger partial charge is 0.269 e. The van der Waals surface area contributed by atoms with Gasteiger partial charge in [-0.2, -0.15) is 0 Å². The number of pyridine rings is 1. The lowest BCUT2D eigenvalue weighted by Gasteiger charge is -2.28. The van der Waals surface area contributed by atoms with Crippen LogP contribution in [0, 0.1) is 10.1 Å². The SMILES string of the molecule is CN(Cc1ccc([N+](=O)[O-])cc1)c1ccc(C2c3ccccc3Oc3ncccc32)cc1. The van der Waals surface area contributed by atoms with Crippen molar-refractivity contribution in [1.82, 2.24) is 4.98 Å². The first-order chi connectivity index (χ1) is 15.6. The predicted molar refractivity (Wildman–Crippen MR) is 123 cm³/mol. The highest BCUT2D eigenvalue weighted by atomic mass is 16.6. The van der Waals surface area contributed by atoms with Gasteiger partial charge in [0.15, 0.2) is 0 Å². The minimum atomic E-state index is -0.381. The average molecular weight is 423 g/mol. The first-order valence-corrected chi connectivity index (χ1v) is 10.4. The summed E-state index contributed by atoms with van der Waals surface area (Å²) in [7, 11) is 2.01. The van der Waals surface area contributed by atoms with Gasteiger partial charge in [-0.25, -0.2) is 4.98 Å². The molecule has 32 heavy (non-hydrogen) atoms. The van der Waals surface area contributed by atoms with Crippen molar-refractivity contribution in [3.63, 3.8) is 0 Å². The highest BCUT2D eigenvalue weighted by Crippen LogP contribution is 2.46. The molecule has 2 heterocycles. The number of nitro benzene ring substituents is 1. The van der Waals surface area contributed by atoms with E-state index in [0.717, 1.165) is 28.1 Å². The summed E-state index contributed by atoms with van der Waals surface area (Å²) in [6, 6.07) is 27.3. The predicted octanol–water partition coefficient (Wildman–Crippen LogP) is 5.91. The Labute approximate surface area is 185 Å². The van der Waals surface area contributed by atoms with Crippen molar-refractivity contribution >= 4 is 11.4 Å². The van der Waals surface area contributed by atoms with Crippen molar-refractivity contribution in [2.75, 3.05) is 11.9 Å². The summed E-state index contributed by atoms with van der Waals surface area (Å²) in [6.45, 7) is 0.657. The van der Waals surface area contributed by atoms with Crippen LogP contribution >= 0.6 is 0 Å². The molecule has 5 rings (SSSR count). The van der Waals surface area contributed by atoms with Gasteiger partial charge in [-0.05, 0) is 35.4 Å². The van der Waals surface area contributed by atoms with Crippen molar-refractivity contribution in [2.24, 2.45) is 0 Å². The van der Waals surface area contributed by atoms with Crippen LogP contribution < -0.4 is 9.64 Å². The molecule has 0 aliphatic carbocycles. The molecule has 1 unspecified atom stereocenters. The van der Waals surface area contributed by atoms with Crippen LogP contribution in [0.1, 0.15) is 28.2 Å². The summed E-state index contributed by atoms with van der Waals surface area (Å²) in [5.74, 6) is 1.54. The van der Waals surface area contributed by atoms with Crippen LogP contribution in [0.5, 0.6) is 11.6 Å². The Bertz CT molecular complexity index is 1220. The Balaban J connectivity index is 1.41. The highest BCUT2D eigenvalue weighted by molar-refractivity contribution is 5.58. The maximum Gasteiger partial charge on any atom is 0.269 e. The lowest BCUT2D eigenvalue weighted by atomic mass is 9.83. The van der Waals surface area contributed by atoms with Crippen LogP contribution in [-0.4, -0.2) is 17.0 Å². The van der Waals surface area contributed by atoms with Crippen LogP contribution in [0.3, 0.4) is 0 Å². The molecule has 0 fully saturated rings. The van der Waals surface area contributed by atoms with Gasteiger partial charge in [0.1, 0.15) is 5.75 Å². The van der Waals surface area contributed by atoms with Gasteiger partial charge < -0.3 is 9.64 Å². The number of aromatic nitrogens is 1. The van der Waals surface area contributed by atoms with Crippen LogP contribution in [0.25, 0.3) is 0 Å². The summed E-state index contributed by atoms with van der Waals surface area (Å²) in [5.41, 5.74) is 5.53. The van der Waals surface area contributed by atoms with Gasteiger partial charge in [-0.1, -0.05) is 48.5 Å². The average Bonchev–Trinajstić information content (AvgIpc) is 2.83. The molecule has 158 valence electrons. The number of nitro groups is 1. The molecule has 0 saturated carbocycles. The zero-order valence-corrected chi connectivity index (χ0v) is 17.5. The third kappa shape index (κ3) is 3.67. The minimum absolute atomic E-state index is 0.0534. The second kappa shape index (κ2) is 8.15. The molecule has 0 N–H and O–H groups in total. The fourth-order valence-electron chi connectivity index (χ4n) is 4.16. The first kappa shape index (κ1) is 19.8. The van der Waals surface area contributed by atoms with E-state index < -0.39 is 0 Å². The summed E-state index contributed by atoms with van der Waals surface area (Å²) in [5, 5.41) is 10.9. The maximum atomic E-state index is 10.9. The molecule has 6 nitrogen and oxygen atoms in total. The van der Waals surface area contributed by atoms with Gasteiger partial charge in [0, 0.05) is 54.7 Å². The molecule has 0 saturated heterocycles. The summed E-state index contributed by atoms with van der Waals surface area (Å²) < 4.78 is 6.02. The van der Waals surface area contributed by atoms with E-state index in [-0.39, 0.29) is 16.5 Å². The third-order valence-electron chi connectivity index (χ3n) is 5.78. The van der Waals surface area contributed by atoms with Crippen molar-refractivity contribution in [1.29, 1.82) is 0 Å². The Kier molecular flexibility index (Phi) is 5.03. The largest absolute Gasteiger partial charge is 0.438 e. The number of anilines is 1. The van der Waals surface area contributed by atoms with Crippen LogP contribution in [0.15, 0.2) is 91.1 Å². The second-order valence-electron chi connectivity index (χ2n) is 7.84. The van der Waals surface area contributed by atoms with Gasteiger partial charge >= 0.3 is 0 Å². The molecule has 0 amide bonds. The van der Waals surface area contributed by atoms with E-state index in [0.29, 0.717) is 12.4 Å². The quantitative estimate of drug-likeness (QED) is 0.260. The molecular weight excluding hydrogens is 402 g/mol. The number of benzene rings is 3. The first-order valence-electron chi connectivity index (χ1n) is 10.4. The minimum Gasteiger partial charge on any atom is -0.438 e. The Hall–Kier alpha value is -4.19. The zero-order valence-electron chi connectivity index (χ0n) is 17.5. The topological polar surface area (TPSA) is 68.5 Å². The number of nitrogens with zero attached hydrogens (tertiary/aromatic N) is 3. The lowest BCUT2D eigenvalue weighted by Crippen LogP contribution is -2.17. The normalized spacial score (nSPS) is 14.1. The Morgan fingerprint density at radius 1 is 0.938 bits per heavy atom. The van der Waals surface area contributed by atoms with Gasteiger partial charge in [-0.3, -0.25) is 10.1 Å². The van der Waals surface area contributed by atoms with Crippen LogP contribution in [-0.2, 0) is 6.54 Å².